The Morgan fingerprint density at radius 3 is 3.16 bits per heavy atom. The number of hydrogen-bond acceptors (Lipinski definition) is 5. The highest BCUT2D eigenvalue weighted by Crippen LogP contribution is 2.33. The SMILES string of the molecule is O=C(OC[C@H]1CCOc2ccccc21)c1cocn1. The maximum atomic E-state index is 11.7. The van der Waals surface area contributed by atoms with E-state index >= 15 is 0 Å². The molecular weight excluding hydrogens is 246 g/mol. The maximum Gasteiger partial charge on any atom is 0.360 e. The molecule has 3 rings (SSSR count). The minimum Gasteiger partial charge on any atom is -0.493 e. The molecule has 0 saturated carbocycles. The Labute approximate surface area is 110 Å². The molecule has 1 aromatic carbocycles. The standard InChI is InChI=1S/C14H13NO4/c16-14(12-8-17-9-15-12)19-7-10-5-6-18-13-4-2-1-3-11(10)13/h1-4,8-10H,5-7H2/t10-/m1/s1. The van der Waals surface area contributed by atoms with E-state index in [-0.39, 0.29) is 11.6 Å². The van der Waals surface area contributed by atoms with E-state index in [9.17, 15) is 4.79 Å². The first-order valence-corrected chi connectivity index (χ1v) is 6.11. The predicted octanol–water partition coefficient (Wildman–Crippen LogP) is 2.40. The van der Waals surface area contributed by atoms with Gasteiger partial charge in [-0.3, -0.25) is 0 Å². The molecule has 0 N–H and O–H groups in total. The number of benzene rings is 1. The lowest BCUT2D eigenvalue weighted by Crippen LogP contribution is -2.20. The van der Waals surface area contributed by atoms with Crippen LogP contribution in [0.15, 0.2) is 41.3 Å². The number of fused-ring (bicyclic) bond motifs is 1. The zero-order chi connectivity index (χ0) is 13.1. The average molecular weight is 259 g/mol. The number of carbonyl (C=O) groups excluding carboxylic acids is 1. The molecule has 5 nitrogen and oxygen atoms in total. The van der Waals surface area contributed by atoms with E-state index in [0.29, 0.717) is 13.2 Å². The molecule has 1 aliphatic rings. The molecule has 0 unspecified atom stereocenters. The summed E-state index contributed by atoms with van der Waals surface area (Å²) in [5, 5.41) is 0. The number of para-hydroxylation sites is 1. The van der Waals surface area contributed by atoms with Gasteiger partial charge in [0.25, 0.3) is 0 Å². The second-order valence-corrected chi connectivity index (χ2v) is 4.34. The topological polar surface area (TPSA) is 61.6 Å². The second-order valence-electron chi connectivity index (χ2n) is 4.34. The number of esters is 1. The third kappa shape index (κ3) is 2.45. The summed E-state index contributed by atoms with van der Waals surface area (Å²) in [7, 11) is 0. The molecule has 2 heterocycles. The van der Waals surface area contributed by atoms with E-state index in [0.717, 1.165) is 17.7 Å². The van der Waals surface area contributed by atoms with Crippen molar-refractivity contribution in [3.8, 4) is 5.75 Å². The minimum absolute atomic E-state index is 0.167. The highest BCUT2D eigenvalue weighted by molar-refractivity contribution is 5.86. The zero-order valence-electron chi connectivity index (χ0n) is 10.2. The molecule has 19 heavy (non-hydrogen) atoms. The van der Waals surface area contributed by atoms with Crippen molar-refractivity contribution >= 4 is 5.97 Å². The molecule has 0 amide bonds. The molecule has 0 spiro atoms. The summed E-state index contributed by atoms with van der Waals surface area (Å²) in [6, 6.07) is 7.83. The van der Waals surface area contributed by atoms with Crippen molar-refractivity contribution in [1.82, 2.24) is 4.98 Å². The van der Waals surface area contributed by atoms with E-state index in [2.05, 4.69) is 4.98 Å². The Kier molecular flexibility index (Phi) is 3.18. The van der Waals surface area contributed by atoms with Gasteiger partial charge in [-0.15, -0.1) is 0 Å². The number of ether oxygens (including phenoxy) is 2. The molecule has 0 fully saturated rings. The molecule has 0 aliphatic carbocycles. The Bertz CT molecular complexity index is 565. The molecule has 5 heteroatoms. The van der Waals surface area contributed by atoms with E-state index in [1.54, 1.807) is 0 Å². The van der Waals surface area contributed by atoms with Crippen LogP contribution in [0.4, 0.5) is 0 Å². The van der Waals surface area contributed by atoms with Crippen LogP contribution in [-0.2, 0) is 4.74 Å². The van der Waals surface area contributed by atoms with Gasteiger partial charge in [-0.1, -0.05) is 18.2 Å². The lowest BCUT2D eigenvalue weighted by atomic mass is 9.94. The van der Waals surface area contributed by atoms with Crippen LogP contribution in [0.2, 0.25) is 0 Å². The third-order valence-corrected chi connectivity index (χ3v) is 3.14. The van der Waals surface area contributed by atoms with E-state index in [1.165, 1.54) is 12.7 Å². The van der Waals surface area contributed by atoms with Crippen molar-refractivity contribution in [3.05, 3.63) is 48.2 Å². The number of hydrogen-bond donors (Lipinski definition) is 0. The first kappa shape index (κ1) is 11.8. The monoisotopic (exact) mass is 259 g/mol. The van der Waals surface area contributed by atoms with Gasteiger partial charge >= 0.3 is 5.97 Å². The van der Waals surface area contributed by atoms with Gasteiger partial charge in [0.1, 0.15) is 12.0 Å². The first-order chi connectivity index (χ1) is 9.34. The van der Waals surface area contributed by atoms with Crippen molar-refractivity contribution in [3.63, 3.8) is 0 Å². The Balaban J connectivity index is 1.67. The zero-order valence-corrected chi connectivity index (χ0v) is 10.2. The number of carbonyl (C=O) groups is 1. The third-order valence-electron chi connectivity index (χ3n) is 3.14. The van der Waals surface area contributed by atoms with Crippen molar-refractivity contribution in [2.75, 3.05) is 13.2 Å². The minimum atomic E-state index is -0.460. The van der Waals surface area contributed by atoms with Gasteiger partial charge in [0.05, 0.1) is 13.2 Å². The molecule has 98 valence electrons. The molecule has 0 radical (unpaired) electrons. The van der Waals surface area contributed by atoms with Crippen molar-refractivity contribution < 1.29 is 18.7 Å². The van der Waals surface area contributed by atoms with Gasteiger partial charge in [-0.25, -0.2) is 9.78 Å². The molecular formula is C14H13NO4. The summed E-state index contributed by atoms with van der Waals surface area (Å²) >= 11 is 0. The second kappa shape index (κ2) is 5.14. The van der Waals surface area contributed by atoms with Crippen LogP contribution in [0.1, 0.15) is 28.4 Å². The van der Waals surface area contributed by atoms with E-state index in [1.807, 2.05) is 24.3 Å². The van der Waals surface area contributed by atoms with Crippen LogP contribution < -0.4 is 4.74 Å². The predicted molar refractivity (Wildman–Crippen MR) is 66.1 cm³/mol. The highest BCUT2D eigenvalue weighted by Gasteiger charge is 2.23. The quantitative estimate of drug-likeness (QED) is 0.792. The van der Waals surface area contributed by atoms with Crippen molar-refractivity contribution in [2.45, 2.75) is 12.3 Å². The Hall–Kier alpha value is -2.30. The van der Waals surface area contributed by atoms with Gasteiger partial charge in [-0.2, -0.15) is 0 Å². The summed E-state index contributed by atoms with van der Waals surface area (Å²) in [6.07, 6.45) is 3.32. The molecule has 2 aromatic rings. The summed E-state index contributed by atoms with van der Waals surface area (Å²) in [5.41, 5.74) is 1.28. The van der Waals surface area contributed by atoms with Crippen molar-refractivity contribution in [1.29, 1.82) is 0 Å². The maximum absolute atomic E-state index is 11.7. The van der Waals surface area contributed by atoms with E-state index < -0.39 is 5.97 Å². The Morgan fingerprint density at radius 2 is 2.32 bits per heavy atom. The van der Waals surface area contributed by atoms with Crippen LogP contribution in [-0.4, -0.2) is 24.2 Å². The van der Waals surface area contributed by atoms with Crippen LogP contribution in [0.3, 0.4) is 0 Å². The summed E-state index contributed by atoms with van der Waals surface area (Å²) in [6.45, 7) is 0.968. The number of rotatable bonds is 3. The number of aromatic nitrogens is 1. The number of nitrogens with zero attached hydrogens (tertiary/aromatic N) is 1. The van der Waals surface area contributed by atoms with Gasteiger partial charge in [-0.05, 0) is 12.5 Å². The molecule has 0 bridgehead atoms. The van der Waals surface area contributed by atoms with Crippen LogP contribution in [0, 0.1) is 0 Å². The van der Waals surface area contributed by atoms with Crippen molar-refractivity contribution in [2.24, 2.45) is 0 Å². The summed E-state index contributed by atoms with van der Waals surface area (Å²) < 4.78 is 15.6. The molecule has 1 atom stereocenters. The van der Waals surface area contributed by atoms with Gasteiger partial charge < -0.3 is 13.9 Å². The summed E-state index contributed by atoms with van der Waals surface area (Å²) in [5.74, 6) is 0.578. The highest BCUT2D eigenvalue weighted by atomic mass is 16.5. The lowest BCUT2D eigenvalue weighted by Gasteiger charge is -2.25. The average Bonchev–Trinajstić information content (AvgIpc) is 2.99. The Morgan fingerprint density at radius 1 is 1.42 bits per heavy atom. The van der Waals surface area contributed by atoms with Gasteiger partial charge in [0.15, 0.2) is 12.1 Å². The van der Waals surface area contributed by atoms with Crippen LogP contribution in [0.5, 0.6) is 5.75 Å². The smallest absolute Gasteiger partial charge is 0.360 e. The normalized spacial score (nSPS) is 17.4. The summed E-state index contributed by atoms with van der Waals surface area (Å²) in [4.78, 5) is 15.4. The fraction of sp³-hybridized carbons (Fsp3) is 0.286. The molecule has 1 aromatic heterocycles. The largest absolute Gasteiger partial charge is 0.493 e. The fourth-order valence-corrected chi connectivity index (χ4v) is 2.15. The van der Waals surface area contributed by atoms with Gasteiger partial charge in [0.2, 0.25) is 0 Å². The molecule has 0 saturated heterocycles. The lowest BCUT2D eigenvalue weighted by molar-refractivity contribution is 0.0452. The van der Waals surface area contributed by atoms with E-state index in [4.69, 9.17) is 13.9 Å². The first-order valence-electron chi connectivity index (χ1n) is 6.11. The molecule has 1 aliphatic heterocycles. The van der Waals surface area contributed by atoms with Crippen LogP contribution >= 0.6 is 0 Å². The van der Waals surface area contributed by atoms with Gasteiger partial charge in [0, 0.05) is 11.5 Å². The number of oxazole rings is 1. The van der Waals surface area contributed by atoms with Crippen LogP contribution in [0.25, 0.3) is 0 Å². The fourth-order valence-electron chi connectivity index (χ4n) is 2.15.